The lowest BCUT2D eigenvalue weighted by Crippen LogP contribution is -2.60. The summed E-state index contributed by atoms with van der Waals surface area (Å²) in [5.41, 5.74) is 1.66. The average molecular weight is 781 g/mol. The number of esters is 3. The number of ether oxygens (including phenoxy) is 6. The maximum Gasteiger partial charge on any atom is 0.338 e. The van der Waals surface area contributed by atoms with Gasteiger partial charge < -0.3 is 38.2 Å². The number of ketones is 1. The number of hydrogen-bond donors (Lipinski definition) is 0. The van der Waals surface area contributed by atoms with Crippen LogP contribution in [0.2, 0.25) is 0 Å². The first kappa shape index (κ1) is 45.0. The van der Waals surface area contributed by atoms with E-state index in [4.69, 9.17) is 28.4 Å². The Bertz CT molecular complexity index is 1630. The van der Waals surface area contributed by atoms with Crippen LogP contribution in [-0.2, 0) is 38.0 Å². The van der Waals surface area contributed by atoms with Gasteiger partial charge in [0.15, 0.2) is 18.2 Å². The van der Waals surface area contributed by atoms with Gasteiger partial charge in [0.1, 0.15) is 18.6 Å². The maximum absolute atomic E-state index is 14.3. The summed E-state index contributed by atoms with van der Waals surface area (Å²) < 4.78 is 38.0. The number of likely N-dealkylation sites (N-methyl/N-ethyl adjacent to an activating group) is 2. The van der Waals surface area contributed by atoms with Gasteiger partial charge in [-0.1, -0.05) is 56.2 Å². The topological polar surface area (TPSA) is 130 Å². The SMILES string of the molecule is CO[C@]1(C)C[C@@H](C)[C@H](OC(=O)c2ccc(C)cc2)[C@H](C)CN(C)CCOC(=O)[C@H](C)C(=O)[C@H](C)[C@H]1O[C@@H]1O[C@H](C)C[C@H](N(C)C)[C@H]1OC(=O)c1ccc(C)cc1. The minimum absolute atomic E-state index is 0.0842. The molecule has 2 aromatic carbocycles. The summed E-state index contributed by atoms with van der Waals surface area (Å²) in [5.74, 6) is -4.46. The van der Waals surface area contributed by atoms with E-state index >= 15 is 0 Å². The van der Waals surface area contributed by atoms with Gasteiger partial charge in [-0.2, -0.15) is 0 Å². The minimum atomic E-state index is -1.21. The average Bonchev–Trinajstić information content (AvgIpc) is 3.15. The number of carbonyl (C=O) groups is 4. The predicted molar refractivity (Wildman–Crippen MR) is 212 cm³/mol. The van der Waals surface area contributed by atoms with Crippen LogP contribution in [0.15, 0.2) is 48.5 Å². The van der Waals surface area contributed by atoms with Crippen LogP contribution in [0.3, 0.4) is 0 Å². The maximum atomic E-state index is 14.3. The van der Waals surface area contributed by atoms with E-state index in [0.717, 1.165) is 11.1 Å². The van der Waals surface area contributed by atoms with Crippen molar-refractivity contribution in [1.29, 1.82) is 0 Å². The van der Waals surface area contributed by atoms with Crippen molar-refractivity contribution < 1.29 is 47.6 Å². The third-order valence-electron chi connectivity index (χ3n) is 11.5. The van der Waals surface area contributed by atoms with Crippen molar-refractivity contribution in [1.82, 2.24) is 9.80 Å². The molecule has 56 heavy (non-hydrogen) atoms. The van der Waals surface area contributed by atoms with E-state index < -0.39 is 65.7 Å². The van der Waals surface area contributed by atoms with Crippen LogP contribution < -0.4 is 0 Å². The van der Waals surface area contributed by atoms with E-state index in [-0.39, 0.29) is 37.0 Å². The molecule has 0 radical (unpaired) electrons. The molecule has 2 heterocycles. The molecule has 11 atom stereocenters. The summed E-state index contributed by atoms with van der Waals surface area (Å²) >= 11 is 0. The highest BCUT2D eigenvalue weighted by molar-refractivity contribution is 6.00. The van der Waals surface area contributed by atoms with Gasteiger partial charge in [0, 0.05) is 32.0 Å². The Morgan fingerprint density at radius 2 is 1.38 bits per heavy atom. The van der Waals surface area contributed by atoms with E-state index in [2.05, 4.69) is 0 Å². The lowest BCUT2D eigenvalue weighted by atomic mass is 9.76. The second-order valence-corrected chi connectivity index (χ2v) is 16.6. The molecule has 0 amide bonds. The molecule has 2 aliphatic rings. The Balaban J connectivity index is 1.77. The molecule has 0 N–H and O–H groups in total. The number of rotatable bonds is 8. The molecule has 2 aromatic rings. The summed E-state index contributed by atoms with van der Waals surface area (Å²) in [6.45, 7) is 16.0. The number of nitrogens with zero attached hydrogens (tertiary/aromatic N) is 2. The zero-order valence-electron chi connectivity index (χ0n) is 35.4. The fourth-order valence-corrected chi connectivity index (χ4v) is 8.10. The Kier molecular flexibility index (Phi) is 15.8. The quantitative estimate of drug-likeness (QED) is 0.180. The molecule has 4 rings (SSSR count). The molecular formula is C44H64N2O10. The number of Topliss-reactive ketones (excluding diaryl/α,β-unsaturated/α-hetero) is 1. The second-order valence-electron chi connectivity index (χ2n) is 16.6. The lowest BCUT2D eigenvalue weighted by Gasteiger charge is -2.48. The fourth-order valence-electron chi connectivity index (χ4n) is 8.10. The number of aryl methyl sites for hydroxylation is 2. The number of carbonyl (C=O) groups excluding carboxylic acids is 4. The number of benzene rings is 2. The normalized spacial score (nSPS) is 32.9. The molecule has 12 nitrogen and oxygen atoms in total. The van der Waals surface area contributed by atoms with Gasteiger partial charge in [0.25, 0.3) is 0 Å². The molecule has 2 aliphatic heterocycles. The number of cyclic esters (lactones) is 1. The van der Waals surface area contributed by atoms with Crippen LogP contribution >= 0.6 is 0 Å². The van der Waals surface area contributed by atoms with Gasteiger partial charge in [-0.25, -0.2) is 9.59 Å². The van der Waals surface area contributed by atoms with Gasteiger partial charge >= 0.3 is 17.9 Å². The molecule has 0 bridgehead atoms. The van der Waals surface area contributed by atoms with Crippen molar-refractivity contribution >= 4 is 23.7 Å². The highest BCUT2D eigenvalue weighted by Crippen LogP contribution is 2.39. The fraction of sp³-hybridized carbons (Fsp3) is 0.636. The molecule has 12 heteroatoms. The highest BCUT2D eigenvalue weighted by atomic mass is 16.7. The third kappa shape index (κ3) is 11.2. The predicted octanol–water partition coefficient (Wildman–Crippen LogP) is 5.90. The zero-order valence-corrected chi connectivity index (χ0v) is 35.4. The van der Waals surface area contributed by atoms with Crippen molar-refractivity contribution in [2.45, 2.75) is 111 Å². The molecule has 2 saturated heterocycles. The lowest BCUT2D eigenvalue weighted by molar-refractivity contribution is -0.295. The number of hydrogen-bond acceptors (Lipinski definition) is 12. The summed E-state index contributed by atoms with van der Waals surface area (Å²) in [7, 11) is 7.29. The summed E-state index contributed by atoms with van der Waals surface area (Å²) in [5, 5.41) is 0. The van der Waals surface area contributed by atoms with Crippen molar-refractivity contribution in [3.05, 3.63) is 70.8 Å². The Morgan fingerprint density at radius 3 is 1.89 bits per heavy atom. The monoisotopic (exact) mass is 780 g/mol. The van der Waals surface area contributed by atoms with Gasteiger partial charge in [-0.05, 0) is 98.8 Å². The van der Waals surface area contributed by atoms with Crippen LogP contribution in [0.5, 0.6) is 0 Å². The second kappa shape index (κ2) is 19.7. The van der Waals surface area contributed by atoms with Crippen LogP contribution in [-0.4, -0.2) is 124 Å². The first-order valence-corrected chi connectivity index (χ1v) is 19.8. The zero-order chi connectivity index (χ0) is 41.5. The van der Waals surface area contributed by atoms with E-state index in [1.165, 1.54) is 0 Å². The van der Waals surface area contributed by atoms with Gasteiger partial charge in [0.2, 0.25) is 0 Å². The van der Waals surface area contributed by atoms with Crippen LogP contribution in [0.4, 0.5) is 0 Å². The summed E-state index contributed by atoms with van der Waals surface area (Å²) in [4.78, 5) is 58.9. The Hall–Kier alpha value is -3.68. The smallest absolute Gasteiger partial charge is 0.338 e. The standard InChI is InChI=1S/C44H64N2O10/c1-26-13-17-33(18-14-26)41(49)54-37-28(3)24-44(8,51-12)39(31(6)36(47)32(7)40(48)52-22-21-46(11)25-29(37)4)56-43-38(35(45(9)10)23-30(5)53-43)55-42(50)34-19-15-27(2)16-20-34/h13-20,28-32,35,37-39,43H,21-25H2,1-12H3/t28-,29-,30-,31+,32-,35+,37+,38-,39-,43+,44-/m1/s1. The summed E-state index contributed by atoms with van der Waals surface area (Å²) in [6.07, 6.45) is -3.05. The molecule has 310 valence electrons. The number of methoxy groups -OCH3 is 1. The van der Waals surface area contributed by atoms with Crippen molar-refractivity contribution in [2.24, 2.45) is 23.7 Å². The molecule has 0 spiro atoms. The Morgan fingerprint density at radius 1 is 0.839 bits per heavy atom. The Labute approximate surface area is 333 Å². The molecule has 0 unspecified atom stereocenters. The van der Waals surface area contributed by atoms with Crippen molar-refractivity contribution in [3.8, 4) is 0 Å². The molecule has 0 aromatic heterocycles. The van der Waals surface area contributed by atoms with Crippen LogP contribution in [0, 0.1) is 37.5 Å². The van der Waals surface area contributed by atoms with Crippen LogP contribution in [0.25, 0.3) is 0 Å². The van der Waals surface area contributed by atoms with Gasteiger partial charge in [0.05, 0.1) is 35.0 Å². The van der Waals surface area contributed by atoms with E-state index in [0.29, 0.717) is 30.6 Å². The minimum Gasteiger partial charge on any atom is -0.464 e. The molecule has 2 fully saturated rings. The van der Waals surface area contributed by atoms with Gasteiger partial charge in [-0.15, -0.1) is 0 Å². The molecule has 0 saturated carbocycles. The summed E-state index contributed by atoms with van der Waals surface area (Å²) in [6, 6.07) is 14.1. The highest BCUT2D eigenvalue weighted by Gasteiger charge is 2.51. The van der Waals surface area contributed by atoms with E-state index in [1.54, 1.807) is 45.2 Å². The van der Waals surface area contributed by atoms with Crippen molar-refractivity contribution in [3.63, 3.8) is 0 Å². The third-order valence-corrected chi connectivity index (χ3v) is 11.5. The largest absolute Gasteiger partial charge is 0.464 e. The first-order chi connectivity index (χ1) is 26.3. The first-order valence-electron chi connectivity index (χ1n) is 19.8. The van der Waals surface area contributed by atoms with Gasteiger partial charge in [-0.3, -0.25) is 9.59 Å². The molecular weight excluding hydrogens is 716 g/mol. The van der Waals surface area contributed by atoms with Crippen molar-refractivity contribution in [2.75, 3.05) is 47.9 Å². The van der Waals surface area contributed by atoms with E-state index in [9.17, 15) is 19.2 Å². The van der Waals surface area contributed by atoms with E-state index in [1.807, 2.05) is 96.8 Å². The molecule has 0 aliphatic carbocycles. The van der Waals surface area contributed by atoms with Crippen LogP contribution in [0.1, 0.15) is 86.2 Å².